The minimum absolute atomic E-state index is 0.0611. The van der Waals surface area contributed by atoms with Crippen LogP contribution in [0.3, 0.4) is 0 Å². The molecule has 3 rings (SSSR count). The standard InChI is InChI=1S/C20H15BrClN3O2/c21-14-11-16(18(22)23-12-14)19(26)25-17(13-7-3-1-4-8-13)20(27)24-15-9-5-2-6-10-15/h1-12,17H,(H,24,27)(H,25,26). The predicted octanol–water partition coefficient (Wildman–Crippen LogP) is 4.61. The van der Waals surface area contributed by atoms with Gasteiger partial charge in [-0.2, -0.15) is 0 Å². The molecule has 7 heteroatoms. The Bertz CT molecular complexity index is 952. The molecule has 0 fully saturated rings. The first-order valence-corrected chi connectivity index (χ1v) is 9.24. The van der Waals surface area contributed by atoms with Crippen LogP contribution < -0.4 is 10.6 Å². The summed E-state index contributed by atoms with van der Waals surface area (Å²) in [4.78, 5) is 29.5. The SMILES string of the molecule is O=C(NC(C(=O)Nc1ccccc1)c1ccccc1)c1cc(Br)cnc1Cl. The minimum atomic E-state index is -0.894. The first-order valence-electron chi connectivity index (χ1n) is 8.07. The van der Waals surface area contributed by atoms with Crippen molar-refractivity contribution in [1.29, 1.82) is 0 Å². The molecule has 27 heavy (non-hydrogen) atoms. The van der Waals surface area contributed by atoms with Gasteiger partial charge in [0.15, 0.2) is 0 Å². The Labute approximate surface area is 169 Å². The van der Waals surface area contributed by atoms with Gasteiger partial charge in [-0.15, -0.1) is 0 Å². The summed E-state index contributed by atoms with van der Waals surface area (Å²) >= 11 is 9.31. The maximum atomic E-state index is 12.8. The Kier molecular flexibility index (Phi) is 6.21. The molecule has 1 unspecified atom stereocenters. The highest BCUT2D eigenvalue weighted by Gasteiger charge is 2.24. The first-order chi connectivity index (χ1) is 13.0. The van der Waals surface area contributed by atoms with Gasteiger partial charge >= 0.3 is 0 Å². The summed E-state index contributed by atoms with van der Waals surface area (Å²) in [5.41, 5.74) is 1.47. The molecule has 0 aliphatic heterocycles. The van der Waals surface area contributed by atoms with Gasteiger partial charge < -0.3 is 10.6 Å². The summed E-state index contributed by atoms with van der Waals surface area (Å²) in [7, 11) is 0. The number of benzene rings is 2. The van der Waals surface area contributed by atoms with Crippen molar-refractivity contribution in [3.8, 4) is 0 Å². The van der Waals surface area contributed by atoms with Crippen LogP contribution in [0.25, 0.3) is 0 Å². The van der Waals surface area contributed by atoms with Crippen LogP contribution in [0.1, 0.15) is 22.0 Å². The van der Waals surface area contributed by atoms with Crippen molar-refractivity contribution >= 4 is 45.0 Å². The smallest absolute Gasteiger partial charge is 0.255 e. The largest absolute Gasteiger partial charge is 0.336 e. The molecule has 0 saturated heterocycles. The molecule has 0 spiro atoms. The molecule has 2 amide bonds. The van der Waals surface area contributed by atoms with E-state index in [1.807, 2.05) is 24.3 Å². The molecular formula is C20H15BrClN3O2. The zero-order chi connectivity index (χ0) is 19.2. The number of rotatable bonds is 5. The Hall–Kier alpha value is -2.70. The third-order valence-corrected chi connectivity index (χ3v) is 4.50. The quantitative estimate of drug-likeness (QED) is 0.565. The van der Waals surface area contributed by atoms with E-state index in [0.29, 0.717) is 15.7 Å². The zero-order valence-corrected chi connectivity index (χ0v) is 16.4. The molecule has 2 aromatic carbocycles. The molecule has 5 nitrogen and oxygen atoms in total. The van der Waals surface area contributed by atoms with Gasteiger partial charge in [0.1, 0.15) is 11.2 Å². The summed E-state index contributed by atoms with van der Waals surface area (Å²) in [5.74, 6) is -0.856. The van der Waals surface area contributed by atoms with E-state index in [2.05, 4.69) is 31.5 Å². The van der Waals surface area contributed by atoms with E-state index in [0.717, 1.165) is 0 Å². The summed E-state index contributed by atoms with van der Waals surface area (Å²) in [5, 5.41) is 5.61. The fourth-order valence-corrected chi connectivity index (χ4v) is 2.99. The Morgan fingerprint density at radius 1 is 1.00 bits per heavy atom. The molecule has 1 atom stereocenters. The maximum Gasteiger partial charge on any atom is 0.255 e. The van der Waals surface area contributed by atoms with Crippen molar-refractivity contribution in [2.24, 2.45) is 0 Å². The van der Waals surface area contributed by atoms with Gasteiger partial charge in [0.25, 0.3) is 11.8 Å². The van der Waals surface area contributed by atoms with E-state index in [-0.39, 0.29) is 16.6 Å². The number of carbonyl (C=O) groups excluding carboxylic acids is 2. The maximum absolute atomic E-state index is 12.8. The Balaban J connectivity index is 1.87. The number of hydrogen-bond acceptors (Lipinski definition) is 3. The number of amides is 2. The molecule has 0 radical (unpaired) electrons. The van der Waals surface area contributed by atoms with Gasteiger partial charge in [-0.05, 0) is 39.7 Å². The number of pyridine rings is 1. The van der Waals surface area contributed by atoms with E-state index in [9.17, 15) is 9.59 Å². The summed E-state index contributed by atoms with van der Waals surface area (Å²) < 4.78 is 0.613. The zero-order valence-electron chi connectivity index (χ0n) is 14.0. The lowest BCUT2D eigenvalue weighted by Crippen LogP contribution is -2.37. The van der Waals surface area contributed by atoms with Crippen molar-refractivity contribution in [1.82, 2.24) is 10.3 Å². The molecule has 0 aliphatic carbocycles. The fourth-order valence-electron chi connectivity index (χ4n) is 2.47. The molecule has 0 saturated carbocycles. The van der Waals surface area contributed by atoms with Gasteiger partial charge in [0, 0.05) is 16.4 Å². The third-order valence-electron chi connectivity index (χ3n) is 3.76. The Morgan fingerprint density at radius 3 is 2.30 bits per heavy atom. The van der Waals surface area contributed by atoms with Crippen LogP contribution in [0, 0.1) is 0 Å². The number of anilines is 1. The molecule has 3 aromatic rings. The second kappa shape index (κ2) is 8.79. The molecule has 2 N–H and O–H groups in total. The summed E-state index contributed by atoms with van der Waals surface area (Å²) in [6, 6.07) is 18.7. The summed E-state index contributed by atoms with van der Waals surface area (Å²) in [6.45, 7) is 0. The third kappa shape index (κ3) is 4.93. The lowest BCUT2D eigenvalue weighted by Gasteiger charge is -2.19. The highest BCUT2D eigenvalue weighted by Crippen LogP contribution is 2.21. The molecule has 0 bridgehead atoms. The fraction of sp³-hybridized carbons (Fsp3) is 0.0500. The molecule has 0 aliphatic rings. The van der Waals surface area contributed by atoms with Gasteiger partial charge in [0.05, 0.1) is 5.56 Å². The molecule has 136 valence electrons. The van der Waals surface area contributed by atoms with E-state index < -0.39 is 11.9 Å². The average Bonchev–Trinajstić information content (AvgIpc) is 2.69. The molecule has 1 heterocycles. The molecule has 1 aromatic heterocycles. The second-order valence-corrected chi connectivity index (χ2v) is 6.94. The number of nitrogens with zero attached hydrogens (tertiary/aromatic N) is 1. The van der Waals surface area contributed by atoms with Crippen LogP contribution in [-0.2, 0) is 4.79 Å². The normalized spacial score (nSPS) is 11.5. The van der Waals surface area contributed by atoms with Crippen LogP contribution in [-0.4, -0.2) is 16.8 Å². The van der Waals surface area contributed by atoms with Gasteiger partial charge in [0.2, 0.25) is 0 Å². The van der Waals surface area contributed by atoms with Crippen molar-refractivity contribution < 1.29 is 9.59 Å². The highest BCUT2D eigenvalue weighted by molar-refractivity contribution is 9.10. The monoisotopic (exact) mass is 443 g/mol. The lowest BCUT2D eigenvalue weighted by atomic mass is 10.1. The number of nitrogens with one attached hydrogen (secondary N) is 2. The van der Waals surface area contributed by atoms with Crippen molar-refractivity contribution in [3.05, 3.63) is 93.7 Å². The van der Waals surface area contributed by atoms with Crippen LogP contribution in [0.4, 0.5) is 5.69 Å². The second-order valence-electron chi connectivity index (χ2n) is 5.66. The van der Waals surface area contributed by atoms with Crippen LogP contribution >= 0.6 is 27.5 Å². The number of carbonyl (C=O) groups is 2. The van der Waals surface area contributed by atoms with E-state index >= 15 is 0 Å². The topological polar surface area (TPSA) is 71.1 Å². The van der Waals surface area contributed by atoms with Crippen molar-refractivity contribution in [2.45, 2.75) is 6.04 Å². The highest BCUT2D eigenvalue weighted by atomic mass is 79.9. The van der Waals surface area contributed by atoms with E-state index in [4.69, 9.17) is 11.6 Å². The Morgan fingerprint density at radius 2 is 1.63 bits per heavy atom. The summed E-state index contributed by atoms with van der Waals surface area (Å²) in [6.07, 6.45) is 1.50. The lowest BCUT2D eigenvalue weighted by molar-refractivity contribution is -0.118. The minimum Gasteiger partial charge on any atom is -0.336 e. The van der Waals surface area contributed by atoms with E-state index in [1.54, 1.807) is 42.5 Å². The van der Waals surface area contributed by atoms with E-state index in [1.165, 1.54) is 6.20 Å². The van der Waals surface area contributed by atoms with Gasteiger partial charge in [-0.25, -0.2) is 4.98 Å². The number of hydrogen-bond donors (Lipinski definition) is 2. The van der Waals surface area contributed by atoms with Gasteiger partial charge in [-0.3, -0.25) is 9.59 Å². The average molecular weight is 445 g/mol. The van der Waals surface area contributed by atoms with Crippen LogP contribution in [0.2, 0.25) is 5.15 Å². The van der Waals surface area contributed by atoms with Crippen molar-refractivity contribution in [3.63, 3.8) is 0 Å². The van der Waals surface area contributed by atoms with Crippen LogP contribution in [0.5, 0.6) is 0 Å². The van der Waals surface area contributed by atoms with Gasteiger partial charge in [-0.1, -0.05) is 60.1 Å². The number of aromatic nitrogens is 1. The first kappa shape index (κ1) is 19.1. The predicted molar refractivity (Wildman–Crippen MR) is 109 cm³/mol. The van der Waals surface area contributed by atoms with Crippen molar-refractivity contribution in [2.75, 3.05) is 5.32 Å². The number of halogens is 2. The van der Waals surface area contributed by atoms with Crippen LogP contribution in [0.15, 0.2) is 77.4 Å². The number of para-hydroxylation sites is 1. The molecular weight excluding hydrogens is 430 g/mol.